The number of ether oxygens (including phenoxy) is 1. The standard InChI is InChI=1S/C30H22N4O2S/c1-19-13-14-27(36-2)26(16-19)34(30-33-24-11-5-6-12-28(24)37-30)29(35)22-17-25(20-8-7-15-31-18-20)32-23-10-4-3-9-21(22)23/h3-18H,1-2H3. The van der Waals surface area contributed by atoms with Crippen molar-refractivity contribution in [1.29, 1.82) is 0 Å². The maximum Gasteiger partial charge on any atom is 0.265 e. The fourth-order valence-corrected chi connectivity index (χ4v) is 5.34. The van der Waals surface area contributed by atoms with Gasteiger partial charge in [0.2, 0.25) is 0 Å². The van der Waals surface area contributed by atoms with Crippen LogP contribution in [0.25, 0.3) is 32.4 Å². The quantitative estimate of drug-likeness (QED) is 0.249. The van der Waals surface area contributed by atoms with Crippen molar-refractivity contribution >= 4 is 49.2 Å². The number of aromatic nitrogens is 3. The molecule has 3 heterocycles. The second-order valence-electron chi connectivity index (χ2n) is 8.59. The number of fused-ring (bicyclic) bond motifs is 2. The minimum absolute atomic E-state index is 0.216. The molecule has 0 fully saturated rings. The Morgan fingerprint density at radius 1 is 0.892 bits per heavy atom. The molecule has 3 aromatic heterocycles. The van der Waals surface area contributed by atoms with Gasteiger partial charge in [0, 0.05) is 23.3 Å². The molecule has 0 saturated heterocycles. The summed E-state index contributed by atoms with van der Waals surface area (Å²) in [7, 11) is 1.61. The van der Waals surface area contributed by atoms with Gasteiger partial charge in [0.1, 0.15) is 5.75 Å². The molecule has 0 saturated carbocycles. The van der Waals surface area contributed by atoms with E-state index in [1.807, 2.05) is 91.9 Å². The normalized spacial score (nSPS) is 11.1. The van der Waals surface area contributed by atoms with Crippen LogP contribution in [0.3, 0.4) is 0 Å². The summed E-state index contributed by atoms with van der Waals surface area (Å²) >= 11 is 1.47. The minimum Gasteiger partial charge on any atom is -0.495 e. The average Bonchev–Trinajstić information content (AvgIpc) is 3.37. The first-order chi connectivity index (χ1) is 18.1. The van der Waals surface area contributed by atoms with Gasteiger partial charge in [0.25, 0.3) is 5.91 Å². The maximum atomic E-state index is 14.6. The fraction of sp³-hybridized carbons (Fsp3) is 0.0667. The number of rotatable bonds is 5. The molecule has 180 valence electrons. The highest BCUT2D eigenvalue weighted by Gasteiger charge is 2.28. The zero-order valence-electron chi connectivity index (χ0n) is 20.3. The van der Waals surface area contributed by atoms with Gasteiger partial charge in [-0.3, -0.25) is 9.78 Å². The van der Waals surface area contributed by atoms with Gasteiger partial charge in [-0.2, -0.15) is 0 Å². The largest absolute Gasteiger partial charge is 0.495 e. The summed E-state index contributed by atoms with van der Waals surface area (Å²) in [5, 5.41) is 1.33. The van der Waals surface area contributed by atoms with Crippen LogP contribution in [0.15, 0.2) is 97.3 Å². The lowest BCUT2D eigenvalue weighted by molar-refractivity contribution is 0.1000. The summed E-state index contributed by atoms with van der Waals surface area (Å²) in [6.45, 7) is 1.99. The van der Waals surface area contributed by atoms with Crippen LogP contribution in [0, 0.1) is 6.92 Å². The Balaban J connectivity index is 1.61. The molecule has 6 nitrogen and oxygen atoms in total. The maximum absolute atomic E-state index is 14.6. The van der Waals surface area contributed by atoms with Gasteiger partial charge < -0.3 is 4.74 Å². The first-order valence-electron chi connectivity index (χ1n) is 11.8. The van der Waals surface area contributed by atoms with E-state index < -0.39 is 0 Å². The van der Waals surface area contributed by atoms with Crippen LogP contribution in [0.5, 0.6) is 5.75 Å². The van der Waals surface area contributed by atoms with Crippen molar-refractivity contribution in [2.75, 3.05) is 12.0 Å². The molecule has 37 heavy (non-hydrogen) atoms. The van der Waals surface area contributed by atoms with Crippen LogP contribution >= 0.6 is 11.3 Å². The summed E-state index contributed by atoms with van der Waals surface area (Å²) < 4.78 is 6.70. The van der Waals surface area contributed by atoms with Crippen LogP contribution in [0.1, 0.15) is 15.9 Å². The molecule has 0 aliphatic rings. The number of methoxy groups -OCH3 is 1. The zero-order chi connectivity index (χ0) is 25.4. The van der Waals surface area contributed by atoms with Crippen molar-refractivity contribution in [2.24, 2.45) is 0 Å². The predicted molar refractivity (Wildman–Crippen MR) is 149 cm³/mol. The van der Waals surface area contributed by atoms with E-state index in [1.54, 1.807) is 24.4 Å². The number of carbonyl (C=O) groups is 1. The molecule has 3 aromatic carbocycles. The summed E-state index contributed by atoms with van der Waals surface area (Å²) in [5.74, 6) is 0.371. The third kappa shape index (κ3) is 4.19. The first kappa shape index (κ1) is 22.8. The Labute approximate surface area is 217 Å². The highest BCUT2D eigenvalue weighted by molar-refractivity contribution is 7.22. The molecule has 0 unspecified atom stereocenters. The van der Waals surface area contributed by atoms with E-state index in [1.165, 1.54) is 11.3 Å². The average molecular weight is 503 g/mol. The smallest absolute Gasteiger partial charge is 0.265 e. The number of hydrogen-bond donors (Lipinski definition) is 0. The number of pyridine rings is 2. The van der Waals surface area contributed by atoms with E-state index in [0.29, 0.717) is 27.8 Å². The van der Waals surface area contributed by atoms with Gasteiger partial charge in [-0.1, -0.05) is 47.7 Å². The number of amides is 1. The molecule has 0 aliphatic carbocycles. The molecule has 0 atom stereocenters. The number of para-hydroxylation sites is 2. The van der Waals surface area contributed by atoms with E-state index in [-0.39, 0.29) is 5.91 Å². The Kier molecular flexibility index (Phi) is 5.82. The highest BCUT2D eigenvalue weighted by atomic mass is 32.1. The highest BCUT2D eigenvalue weighted by Crippen LogP contribution is 2.40. The number of anilines is 2. The van der Waals surface area contributed by atoms with Crippen molar-refractivity contribution in [1.82, 2.24) is 15.0 Å². The summed E-state index contributed by atoms with van der Waals surface area (Å²) in [5.41, 5.74) is 5.24. The van der Waals surface area contributed by atoms with E-state index in [9.17, 15) is 4.79 Å². The Morgan fingerprint density at radius 3 is 2.49 bits per heavy atom. The lowest BCUT2D eigenvalue weighted by Gasteiger charge is -2.23. The number of thiazole rings is 1. The predicted octanol–water partition coefficient (Wildman–Crippen LogP) is 7.20. The SMILES string of the molecule is COc1ccc(C)cc1N(C(=O)c1cc(-c2cccnc2)nc2ccccc12)c1nc2ccccc2s1. The van der Waals surface area contributed by atoms with Crippen LogP contribution in [-0.4, -0.2) is 28.0 Å². The van der Waals surface area contributed by atoms with Gasteiger partial charge in [-0.15, -0.1) is 0 Å². The van der Waals surface area contributed by atoms with Crippen molar-refractivity contribution < 1.29 is 9.53 Å². The second kappa shape index (κ2) is 9.44. The second-order valence-corrected chi connectivity index (χ2v) is 9.60. The van der Waals surface area contributed by atoms with Crippen molar-refractivity contribution in [3.05, 3.63) is 108 Å². The molecular weight excluding hydrogens is 480 g/mol. The van der Waals surface area contributed by atoms with E-state index >= 15 is 0 Å². The minimum atomic E-state index is -0.216. The van der Waals surface area contributed by atoms with Gasteiger partial charge in [0.15, 0.2) is 5.13 Å². The van der Waals surface area contributed by atoms with Gasteiger partial charge in [-0.05, 0) is 61.0 Å². The van der Waals surface area contributed by atoms with Crippen molar-refractivity contribution in [2.45, 2.75) is 6.92 Å². The zero-order valence-corrected chi connectivity index (χ0v) is 21.1. The molecule has 1 amide bonds. The molecular formula is C30H22N4O2S. The number of benzene rings is 3. The Morgan fingerprint density at radius 2 is 1.70 bits per heavy atom. The van der Waals surface area contributed by atoms with Crippen LogP contribution < -0.4 is 9.64 Å². The van der Waals surface area contributed by atoms with Gasteiger partial charge in [0.05, 0.1) is 39.8 Å². The van der Waals surface area contributed by atoms with E-state index in [4.69, 9.17) is 14.7 Å². The van der Waals surface area contributed by atoms with E-state index in [2.05, 4.69) is 4.98 Å². The van der Waals surface area contributed by atoms with Gasteiger partial charge >= 0.3 is 0 Å². The molecule has 0 aliphatic heterocycles. The molecule has 0 radical (unpaired) electrons. The van der Waals surface area contributed by atoms with Crippen molar-refractivity contribution in [3.8, 4) is 17.0 Å². The topological polar surface area (TPSA) is 68.2 Å². The fourth-order valence-electron chi connectivity index (χ4n) is 4.36. The van der Waals surface area contributed by atoms with E-state index in [0.717, 1.165) is 32.2 Å². The monoisotopic (exact) mass is 502 g/mol. The van der Waals surface area contributed by atoms with Crippen LogP contribution in [-0.2, 0) is 0 Å². The molecule has 6 rings (SSSR count). The molecule has 0 bridgehead atoms. The number of hydrogen-bond acceptors (Lipinski definition) is 6. The van der Waals surface area contributed by atoms with Crippen LogP contribution in [0.4, 0.5) is 10.8 Å². The Hall–Kier alpha value is -4.62. The number of aryl methyl sites for hydroxylation is 1. The molecule has 0 N–H and O–H groups in total. The molecule has 0 spiro atoms. The van der Waals surface area contributed by atoms with Crippen LogP contribution in [0.2, 0.25) is 0 Å². The number of carbonyl (C=O) groups excluding carboxylic acids is 1. The summed E-state index contributed by atoms with van der Waals surface area (Å²) in [6.07, 6.45) is 3.47. The lowest BCUT2D eigenvalue weighted by atomic mass is 10.0. The third-order valence-electron chi connectivity index (χ3n) is 6.16. The molecule has 7 heteroatoms. The van der Waals surface area contributed by atoms with Crippen molar-refractivity contribution in [3.63, 3.8) is 0 Å². The summed E-state index contributed by atoms with van der Waals surface area (Å²) in [4.78, 5) is 30.2. The third-order valence-corrected chi connectivity index (χ3v) is 7.18. The summed E-state index contributed by atoms with van der Waals surface area (Å²) in [6, 6.07) is 27.0. The van der Waals surface area contributed by atoms with Gasteiger partial charge in [-0.25, -0.2) is 14.9 Å². The first-order valence-corrected chi connectivity index (χ1v) is 12.6. The number of nitrogens with zero attached hydrogens (tertiary/aromatic N) is 4. The molecule has 6 aromatic rings. The lowest BCUT2D eigenvalue weighted by Crippen LogP contribution is -2.27. The Bertz CT molecular complexity index is 1730.